The fraction of sp³-hybridized carbons (Fsp3) is 0.389. The molecule has 1 saturated heterocycles. The molecule has 0 spiro atoms. The van der Waals surface area contributed by atoms with E-state index in [2.05, 4.69) is 42.8 Å². The van der Waals surface area contributed by atoms with Gasteiger partial charge in [0.25, 0.3) is 5.56 Å². The van der Waals surface area contributed by atoms with E-state index in [1.165, 1.54) is 0 Å². The number of fused-ring (bicyclic) bond motifs is 1. The Balaban J connectivity index is 1.83. The molecule has 1 aromatic carbocycles. The van der Waals surface area contributed by atoms with Gasteiger partial charge in [-0.3, -0.25) is 9.78 Å². The average molecular weight is 418 g/mol. The summed E-state index contributed by atoms with van der Waals surface area (Å²) in [6.07, 6.45) is 1.75. The highest BCUT2D eigenvalue weighted by Crippen LogP contribution is 2.25. The summed E-state index contributed by atoms with van der Waals surface area (Å²) in [7, 11) is 0. The van der Waals surface area contributed by atoms with Crippen LogP contribution >= 0.6 is 15.9 Å². The van der Waals surface area contributed by atoms with Crippen LogP contribution in [-0.2, 0) is 4.74 Å². The lowest BCUT2D eigenvalue weighted by Gasteiger charge is -2.33. The number of rotatable bonds is 2. The summed E-state index contributed by atoms with van der Waals surface area (Å²) in [5.74, 6) is 0.549. The van der Waals surface area contributed by atoms with Crippen LogP contribution in [0.1, 0.15) is 18.1 Å². The van der Waals surface area contributed by atoms with Crippen molar-refractivity contribution in [2.45, 2.75) is 26.8 Å². The summed E-state index contributed by atoms with van der Waals surface area (Å²) in [6, 6.07) is 4.22. The molecule has 1 aliphatic heterocycles. The number of nitrogens with one attached hydrogen (secondary N) is 1. The monoisotopic (exact) mass is 417 g/mol. The Bertz CT molecular complexity index is 1020. The van der Waals surface area contributed by atoms with Crippen molar-refractivity contribution in [1.82, 2.24) is 19.7 Å². The topological polar surface area (TPSA) is 76.0 Å². The van der Waals surface area contributed by atoms with Crippen molar-refractivity contribution in [3.63, 3.8) is 0 Å². The van der Waals surface area contributed by atoms with Gasteiger partial charge in [-0.1, -0.05) is 15.9 Å². The third kappa shape index (κ3) is 2.93. The molecule has 7 nitrogen and oxygen atoms in total. The van der Waals surface area contributed by atoms with Gasteiger partial charge in [0.1, 0.15) is 5.39 Å². The van der Waals surface area contributed by atoms with Crippen molar-refractivity contribution in [2.24, 2.45) is 0 Å². The second-order valence-electron chi connectivity index (χ2n) is 6.71. The van der Waals surface area contributed by atoms with Crippen molar-refractivity contribution in [1.29, 1.82) is 0 Å². The highest BCUT2D eigenvalue weighted by atomic mass is 79.9. The molecule has 0 radical (unpaired) electrons. The molecule has 136 valence electrons. The minimum absolute atomic E-state index is 0.155. The first-order valence-electron chi connectivity index (χ1n) is 8.55. The Morgan fingerprint density at radius 1 is 1.31 bits per heavy atom. The van der Waals surface area contributed by atoms with Gasteiger partial charge in [-0.05, 0) is 44.0 Å². The molecule has 1 fully saturated rings. The van der Waals surface area contributed by atoms with Gasteiger partial charge >= 0.3 is 0 Å². The largest absolute Gasteiger partial charge is 0.377 e. The van der Waals surface area contributed by atoms with E-state index in [1.807, 2.05) is 26.0 Å². The first-order chi connectivity index (χ1) is 12.4. The second kappa shape index (κ2) is 6.51. The van der Waals surface area contributed by atoms with Crippen molar-refractivity contribution in [2.75, 3.05) is 24.7 Å². The molecule has 26 heavy (non-hydrogen) atoms. The van der Waals surface area contributed by atoms with Gasteiger partial charge in [-0.2, -0.15) is 4.98 Å². The van der Waals surface area contributed by atoms with Crippen LogP contribution in [0.15, 0.2) is 27.6 Å². The number of morpholine rings is 1. The molecule has 2 aromatic heterocycles. The Kier molecular flexibility index (Phi) is 4.32. The van der Waals surface area contributed by atoms with E-state index in [0.717, 1.165) is 21.3 Å². The van der Waals surface area contributed by atoms with Crippen molar-refractivity contribution in [3.05, 3.63) is 44.3 Å². The molecule has 1 N–H and O–H groups in total. The lowest BCUT2D eigenvalue weighted by Crippen LogP contribution is -2.45. The lowest BCUT2D eigenvalue weighted by atomic mass is 10.1. The molecule has 1 atom stereocenters. The summed E-state index contributed by atoms with van der Waals surface area (Å²) in [5.41, 5.74) is 3.38. The van der Waals surface area contributed by atoms with Crippen molar-refractivity contribution < 1.29 is 4.74 Å². The van der Waals surface area contributed by atoms with Crippen molar-refractivity contribution in [3.8, 4) is 5.69 Å². The van der Waals surface area contributed by atoms with E-state index in [0.29, 0.717) is 36.7 Å². The summed E-state index contributed by atoms with van der Waals surface area (Å²) in [6.45, 7) is 8.04. The molecule has 3 aromatic rings. The van der Waals surface area contributed by atoms with Crippen LogP contribution < -0.4 is 10.5 Å². The molecule has 0 amide bonds. The summed E-state index contributed by atoms with van der Waals surface area (Å²) in [5, 5.41) is 5.07. The van der Waals surface area contributed by atoms with Crippen LogP contribution in [0.2, 0.25) is 0 Å². The van der Waals surface area contributed by atoms with Gasteiger partial charge in [0.15, 0.2) is 5.65 Å². The maximum atomic E-state index is 12.6. The van der Waals surface area contributed by atoms with Crippen LogP contribution in [0.3, 0.4) is 0 Å². The summed E-state index contributed by atoms with van der Waals surface area (Å²) < 4.78 is 8.23. The van der Waals surface area contributed by atoms with Gasteiger partial charge in [0, 0.05) is 17.2 Å². The standard InChI is InChI=1S/C18H20BrN5O2/c1-10-6-13(19)7-11(2)15(10)24-8-14-16(22-24)20-18(21-17(14)25)23-4-5-26-9-12(23)3/h6-8,12H,4-5,9H2,1-3H3,(H,20,21,22,25)/t12-/m0/s1. The average Bonchev–Trinajstić information content (AvgIpc) is 2.98. The number of anilines is 1. The van der Waals surface area contributed by atoms with Gasteiger partial charge in [-0.15, -0.1) is 5.10 Å². The van der Waals surface area contributed by atoms with Crippen LogP contribution in [0.25, 0.3) is 16.7 Å². The van der Waals surface area contributed by atoms with E-state index in [-0.39, 0.29) is 11.6 Å². The fourth-order valence-electron chi connectivity index (χ4n) is 3.46. The third-order valence-electron chi connectivity index (χ3n) is 4.70. The van der Waals surface area contributed by atoms with Crippen LogP contribution in [0.4, 0.5) is 5.95 Å². The van der Waals surface area contributed by atoms with Gasteiger partial charge in [-0.25, -0.2) is 4.68 Å². The molecule has 0 aliphatic carbocycles. The number of aromatic amines is 1. The number of benzene rings is 1. The number of halogens is 1. The Morgan fingerprint density at radius 3 is 2.73 bits per heavy atom. The number of H-pyrrole nitrogens is 1. The van der Waals surface area contributed by atoms with Gasteiger partial charge in [0.05, 0.1) is 24.9 Å². The molecule has 4 rings (SSSR count). The predicted molar refractivity (Wildman–Crippen MR) is 104 cm³/mol. The third-order valence-corrected chi connectivity index (χ3v) is 5.16. The SMILES string of the molecule is Cc1cc(Br)cc(C)c1-n1cc2c(=O)[nH]c(N3CCOC[C@@H]3C)nc2n1. The lowest BCUT2D eigenvalue weighted by molar-refractivity contribution is 0.0981. The molecular formula is C18H20BrN5O2. The number of aromatic nitrogens is 4. The predicted octanol–water partition coefficient (Wildman–Crippen LogP) is 2.71. The number of nitrogens with zero attached hydrogens (tertiary/aromatic N) is 4. The number of hydrogen-bond acceptors (Lipinski definition) is 5. The van der Waals surface area contributed by atoms with Gasteiger partial charge in [0.2, 0.25) is 5.95 Å². The zero-order valence-corrected chi connectivity index (χ0v) is 16.5. The molecule has 8 heteroatoms. The van der Waals surface area contributed by atoms with Gasteiger partial charge < -0.3 is 9.64 Å². The summed E-state index contributed by atoms with van der Waals surface area (Å²) in [4.78, 5) is 22.2. The number of ether oxygens (including phenoxy) is 1. The molecule has 0 unspecified atom stereocenters. The van der Waals surface area contributed by atoms with Crippen LogP contribution in [-0.4, -0.2) is 45.5 Å². The molecule has 0 saturated carbocycles. The minimum Gasteiger partial charge on any atom is -0.377 e. The smallest absolute Gasteiger partial charge is 0.263 e. The highest BCUT2D eigenvalue weighted by Gasteiger charge is 2.22. The fourth-order valence-corrected chi connectivity index (χ4v) is 4.15. The molecular weight excluding hydrogens is 398 g/mol. The summed E-state index contributed by atoms with van der Waals surface area (Å²) >= 11 is 3.51. The zero-order valence-electron chi connectivity index (χ0n) is 14.9. The second-order valence-corrected chi connectivity index (χ2v) is 7.62. The first-order valence-corrected chi connectivity index (χ1v) is 9.34. The molecule has 1 aliphatic rings. The molecule has 0 bridgehead atoms. The minimum atomic E-state index is -0.178. The first kappa shape index (κ1) is 17.2. The van der Waals surface area contributed by atoms with E-state index in [1.54, 1.807) is 10.9 Å². The molecule has 3 heterocycles. The highest BCUT2D eigenvalue weighted by molar-refractivity contribution is 9.10. The van der Waals surface area contributed by atoms with E-state index in [9.17, 15) is 4.79 Å². The van der Waals surface area contributed by atoms with E-state index < -0.39 is 0 Å². The maximum absolute atomic E-state index is 12.6. The number of hydrogen-bond donors (Lipinski definition) is 1. The number of aryl methyl sites for hydroxylation is 2. The van der Waals surface area contributed by atoms with E-state index in [4.69, 9.17) is 4.74 Å². The quantitative estimate of drug-likeness (QED) is 0.693. The normalized spacial score (nSPS) is 17.8. The Hall–Kier alpha value is -2.19. The van der Waals surface area contributed by atoms with Crippen molar-refractivity contribution >= 4 is 32.9 Å². The van der Waals surface area contributed by atoms with E-state index >= 15 is 0 Å². The Morgan fingerprint density at radius 2 is 2.04 bits per heavy atom. The Labute approximate surface area is 159 Å². The maximum Gasteiger partial charge on any atom is 0.263 e. The van der Waals surface area contributed by atoms with Crippen LogP contribution in [0.5, 0.6) is 0 Å². The van der Waals surface area contributed by atoms with Crippen LogP contribution in [0, 0.1) is 13.8 Å². The zero-order chi connectivity index (χ0) is 18.4.